The number of sulfonamides is 1. The van der Waals surface area contributed by atoms with Crippen LogP contribution in [0.1, 0.15) is 27.2 Å². The molecule has 1 amide bonds. The molecule has 1 aromatic rings. The van der Waals surface area contributed by atoms with Gasteiger partial charge in [-0.3, -0.25) is 4.79 Å². The van der Waals surface area contributed by atoms with Crippen LogP contribution in [0.3, 0.4) is 0 Å². The van der Waals surface area contributed by atoms with E-state index in [1.165, 1.54) is 26.2 Å². The Morgan fingerprint density at radius 3 is 2.27 bits per heavy atom. The molecular weight excluding hydrogens is 304 g/mol. The van der Waals surface area contributed by atoms with Gasteiger partial charge in [-0.05, 0) is 43.5 Å². The first kappa shape index (κ1) is 18.4. The fourth-order valence-corrected chi connectivity index (χ4v) is 2.95. The fourth-order valence-electron chi connectivity index (χ4n) is 1.75. The van der Waals surface area contributed by atoms with E-state index in [1.807, 2.05) is 0 Å². The Morgan fingerprint density at radius 2 is 1.77 bits per heavy atom. The molecule has 1 aromatic carbocycles. The van der Waals surface area contributed by atoms with Crippen molar-refractivity contribution in [3.63, 3.8) is 0 Å². The predicted octanol–water partition coefficient (Wildman–Crippen LogP) is 1.52. The van der Waals surface area contributed by atoms with Gasteiger partial charge in [0.15, 0.2) is 0 Å². The van der Waals surface area contributed by atoms with Crippen LogP contribution < -0.4 is 14.8 Å². The molecule has 0 aliphatic carbocycles. The summed E-state index contributed by atoms with van der Waals surface area (Å²) in [5.41, 5.74) is 0. The van der Waals surface area contributed by atoms with Crippen LogP contribution in [0.4, 0.5) is 0 Å². The maximum Gasteiger partial charge on any atom is 0.241 e. The Kier molecular flexibility index (Phi) is 6.83. The third-order valence-electron chi connectivity index (χ3n) is 3.12. The fraction of sp³-hybridized carbons (Fsp3) is 0.533. The van der Waals surface area contributed by atoms with Gasteiger partial charge in [-0.25, -0.2) is 8.42 Å². The summed E-state index contributed by atoms with van der Waals surface area (Å²) in [4.78, 5) is 12.0. The maximum absolute atomic E-state index is 12.2. The molecule has 0 saturated carbocycles. The highest BCUT2D eigenvalue weighted by atomic mass is 32.2. The molecule has 0 saturated heterocycles. The van der Waals surface area contributed by atoms with E-state index in [1.54, 1.807) is 12.1 Å². The van der Waals surface area contributed by atoms with Crippen molar-refractivity contribution in [3.05, 3.63) is 24.3 Å². The third-order valence-corrected chi connectivity index (χ3v) is 4.67. The van der Waals surface area contributed by atoms with Crippen molar-refractivity contribution in [3.8, 4) is 5.75 Å². The number of hydrogen-bond acceptors (Lipinski definition) is 4. The van der Waals surface area contributed by atoms with Gasteiger partial charge in [0.05, 0.1) is 18.0 Å². The molecule has 0 aromatic heterocycles. The number of ether oxygens (including phenoxy) is 1. The van der Waals surface area contributed by atoms with Crippen LogP contribution >= 0.6 is 0 Å². The largest absolute Gasteiger partial charge is 0.497 e. The molecule has 0 spiro atoms. The number of amides is 1. The van der Waals surface area contributed by atoms with Crippen molar-refractivity contribution in [1.29, 1.82) is 0 Å². The summed E-state index contributed by atoms with van der Waals surface area (Å²) < 4.78 is 31.7. The minimum absolute atomic E-state index is 0.0927. The van der Waals surface area contributed by atoms with Gasteiger partial charge in [-0.15, -0.1) is 0 Å². The lowest BCUT2D eigenvalue weighted by atomic mass is 10.1. The molecule has 124 valence electrons. The standard InChI is InChI=1S/C15H24N2O4S/c1-11(2)9-10-16-15(18)12(3)17-22(19,20)14-7-5-13(21-4)6-8-14/h5-8,11-12,17H,9-10H2,1-4H3,(H,16,18)/t12-/m0/s1. The summed E-state index contributed by atoms with van der Waals surface area (Å²) in [6.45, 7) is 6.17. The molecule has 0 fully saturated rings. The lowest BCUT2D eigenvalue weighted by Gasteiger charge is -2.15. The van der Waals surface area contributed by atoms with E-state index in [0.717, 1.165) is 6.42 Å². The van der Waals surface area contributed by atoms with E-state index in [4.69, 9.17) is 4.74 Å². The van der Waals surface area contributed by atoms with Gasteiger partial charge in [-0.2, -0.15) is 4.72 Å². The zero-order valence-electron chi connectivity index (χ0n) is 13.4. The van der Waals surface area contributed by atoms with E-state index in [-0.39, 0.29) is 10.8 Å². The first-order valence-corrected chi connectivity index (χ1v) is 8.68. The average molecular weight is 328 g/mol. The number of carbonyl (C=O) groups excluding carboxylic acids is 1. The minimum Gasteiger partial charge on any atom is -0.497 e. The maximum atomic E-state index is 12.2. The van der Waals surface area contributed by atoms with Gasteiger partial charge in [-0.1, -0.05) is 13.8 Å². The summed E-state index contributed by atoms with van der Waals surface area (Å²) in [5.74, 6) is 0.711. The van der Waals surface area contributed by atoms with E-state index >= 15 is 0 Å². The summed E-state index contributed by atoms with van der Waals surface area (Å²) >= 11 is 0. The van der Waals surface area contributed by atoms with E-state index in [9.17, 15) is 13.2 Å². The Morgan fingerprint density at radius 1 is 1.18 bits per heavy atom. The highest BCUT2D eigenvalue weighted by Crippen LogP contribution is 2.15. The van der Waals surface area contributed by atoms with Crippen LogP contribution in [0.15, 0.2) is 29.2 Å². The van der Waals surface area contributed by atoms with Crippen molar-refractivity contribution in [2.24, 2.45) is 5.92 Å². The molecule has 6 nitrogen and oxygen atoms in total. The zero-order chi connectivity index (χ0) is 16.8. The SMILES string of the molecule is COc1ccc(S(=O)(=O)N[C@@H](C)C(=O)NCCC(C)C)cc1. The Labute approximate surface area is 132 Å². The third kappa shape index (κ3) is 5.65. The smallest absolute Gasteiger partial charge is 0.241 e. The second-order valence-electron chi connectivity index (χ2n) is 5.49. The van der Waals surface area contributed by atoms with Crippen LogP contribution in [-0.2, 0) is 14.8 Å². The molecule has 0 heterocycles. The molecule has 1 atom stereocenters. The lowest BCUT2D eigenvalue weighted by molar-refractivity contribution is -0.122. The highest BCUT2D eigenvalue weighted by molar-refractivity contribution is 7.89. The number of rotatable bonds is 8. The molecule has 0 radical (unpaired) electrons. The first-order chi connectivity index (χ1) is 10.3. The summed E-state index contributed by atoms with van der Waals surface area (Å²) in [5, 5.41) is 2.72. The van der Waals surface area contributed by atoms with Gasteiger partial charge in [0, 0.05) is 6.54 Å². The second kappa shape index (κ2) is 8.14. The van der Waals surface area contributed by atoms with E-state index < -0.39 is 16.1 Å². The predicted molar refractivity (Wildman–Crippen MR) is 85.2 cm³/mol. The van der Waals surface area contributed by atoms with Crippen molar-refractivity contribution in [1.82, 2.24) is 10.0 Å². The molecule has 2 N–H and O–H groups in total. The number of methoxy groups -OCH3 is 1. The quantitative estimate of drug-likeness (QED) is 0.758. The first-order valence-electron chi connectivity index (χ1n) is 7.20. The molecule has 1 rings (SSSR count). The molecular formula is C15H24N2O4S. The van der Waals surface area contributed by atoms with Crippen LogP contribution in [0.5, 0.6) is 5.75 Å². The van der Waals surface area contributed by atoms with E-state index in [0.29, 0.717) is 18.2 Å². The molecule has 0 unspecified atom stereocenters. The lowest BCUT2D eigenvalue weighted by Crippen LogP contribution is -2.45. The molecule has 0 aliphatic rings. The summed E-state index contributed by atoms with van der Waals surface area (Å²) in [7, 11) is -2.23. The van der Waals surface area contributed by atoms with Gasteiger partial charge >= 0.3 is 0 Å². The summed E-state index contributed by atoms with van der Waals surface area (Å²) in [6.07, 6.45) is 0.851. The van der Waals surface area contributed by atoms with Crippen molar-refractivity contribution >= 4 is 15.9 Å². The zero-order valence-corrected chi connectivity index (χ0v) is 14.2. The molecule has 0 aliphatic heterocycles. The number of benzene rings is 1. The van der Waals surface area contributed by atoms with Crippen molar-refractivity contribution in [2.75, 3.05) is 13.7 Å². The highest BCUT2D eigenvalue weighted by Gasteiger charge is 2.21. The van der Waals surface area contributed by atoms with Crippen molar-refractivity contribution in [2.45, 2.75) is 38.1 Å². The normalized spacial score (nSPS) is 13.0. The second-order valence-corrected chi connectivity index (χ2v) is 7.21. The number of hydrogen-bond donors (Lipinski definition) is 2. The van der Waals surface area contributed by atoms with Gasteiger partial charge < -0.3 is 10.1 Å². The minimum atomic E-state index is -3.74. The molecule has 22 heavy (non-hydrogen) atoms. The summed E-state index contributed by atoms with van der Waals surface area (Å²) in [6, 6.07) is 5.15. The number of carbonyl (C=O) groups is 1. The van der Waals surface area contributed by atoms with Gasteiger partial charge in [0.25, 0.3) is 0 Å². The van der Waals surface area contributed by atoms with Crippen LogP contribution in [0.2, 0.25) is 0 Å². The molecule has 0 bridgehead atoms. The van der Waals surface area contributed by atoms with Gasteiger partial charge in [0.1, 0.15) is 5.75 Å². The Hall–Kier alpha value is -1.60. The van der Waals surface area contributed by atoms with Crippen LogP contribution in [-0.4, -0.2) is 34.0 Å². The van der Waals surface area contributed by atoms with Crippen LogP contribution in [0.25, 0.3) is 0 Å². The van der Waals surface area contributed by atoms with Crippen molar-refractivity contribution < 1.29 is 17.9 Å². The topological polar surface area (TPSA) is 84.5 Å². The van der Waals surface area contributed by atoms with E-state index in [2.05, 4.69) is 23.9 Å². The average Bonchev–Trinajstić information content (AvgIpc) is 2.46. The molecule has 7 heteroatoms. The monoisotopic (exact) mass is 328 g/mol. The Bertz CT molecular complexity index is 582. The Balaban J connectivity index is 2.64. The van der Waals surface area contributed by atoms with Crippen LogP contribution in [0, 0.1) is 5.92 Å². The number of nitrogens with one attached hydrogen (secondary N) is 2. The van der Waals surface area contributed by atoms with Gasteiger partial charge in [0.2, 0.25) is 15.9 Å².